The summed E-state index contributed by atoms with van der Waals surface area (Å²) in [7, 11) is -1.08. The summed E-state index contributed by atoms with van der Waals surface area (Å²) in [5.74, 6) is -1.46. The SMILES string of the molecule is COc1ccccc1N(C)S(=O)(=O)c1ccc(C(=O)OCC(=O)Nc2ccc(F)cc2)cc1. The van der Waals surface area contributed by atoms with Crippen molar-refractivity contribution < 1.29 is 31.9 Å². The van der Waals surface area contributed by atoms with Crippen LogP contribution in [0.1, 0.15) is 10.4 Å². The van der Waals surface area contributed by atoms with E-state index >= 15 is 0 Å². The molecule has 0 bridgehead atoms. The Labute approximate surface area is 190 Å². The predicted molar refractivity (Wildman–Crippen MR) is 120 cm³/mol. The zero-order chi connectivity index (χ0) is 24.0. The Balaban J connectivity index is 1.64. The predicted octanol–water partition coefficient (Wildman–Crippen LogP) is 3.45. The number of carbonyl (C=O) groups is 2. The van der Waals surface area contributed by atoms with Gasteiger partial charge < -0.3 is 14.8 Å². The van der Waals surface area contributed by atoms with Gasteiger partial charge in [-0.05, 0) is 60.7 Å². The van der Waals surface area contributed by atoms with E-state index < -0.39 is 34.3 Å². The molecule has 10 heteroatoms. The van der Waals surface area contributed by atoms with Crippen LogP contribution in [-0.4, -0.2) is 41.1 Å². The van der Waals surface area contributed by atoms with Crippen LogP contribution < -0.4 is 14.4 Å². The van der Waals surface area contributed by atoms with Crippen LogP contribution in [0.15, 0.2) is 77.7 Å². The van der Waals surface area contributed by atoms with Gasteiger partial charge in [0.1, 0.15) is 11.6 Å². The lowest BCUT2D eigenvalue weighted by atomic mass is 10.2. The minimum atomic E-state index is -3.92. The summed E-state index contributed by atoms with van der Waals surface area (Å²) in [6.07, 6.45) is 0. The van der Waals surface area contributed by atoms with Crippen molar-refractivity contribution in [3.05, 3.63) is 84.2 Å². The second-order valence-electron chi connectivity index (χ2n) is 6.80. The van der Waals surface area contributed by atoms with Crippen molar-refractivity contribution >= 4 is 33.3 Å². The first-order valence-electron chi connectivity index (χ1n) is 9.67. The van der Waals surface area contributed by atoms with Gasteiger partial charge in [-0.3, -0.25) is 9.10 Å². The van der Waals surface area contributed by atoms with Gasteiger partial charge in [-0.15, -0.1) is 0 Å². The van der Waals surface area contributed by atoms with Gasteiger partial charge in [-0.25, -0.2) is 17.6 Å². The van der Waals surface area contributed by atoms with E-state index in [2.05, 4.69) is 5.32 Å². The molecule has 172 valence electrons. The van der Waals surface area contributed by atoms with Crippen LogP contribution in [0.25, 0.3) is 0 Å². The summed E-state index contributed by atoms with van der Waals surface area (Å²) < 4.78 is 50.1. The van der Waals surface area contributed by atoms with Crippen molar-refractivity contribution in [1.82, 2.24) is 0 Å². The van der Waals surface area contributed by atoms with E-state index in [0.717, 1.165) is 4.31 Å². The molecule has 0 aliphatic heterocycles. The van der Waals surface area contributed by atoms with Crippen LogP contribution >= 0.6 is 0 Å². The average molecular weight is 472 g/mol. The maximum Gasteiger partial charge on any atom is 0.338 e. The summed E-state index contributed by atoms with van der Waals surface area (Å²) in [5.41, 5.74) is 0.783. The first-order valence-corrected chi connectivity index (χ1v) is 11.1. The average Bonchev–Trinajstić information content (AvgIpc) is 2.83. The van der Waals surface area contributed by atoms with Crippen LogP contribution in [-0.2, 0) is 19.6 Å². The van der Waals surface area contributed by atoms with Crippen molar-refractivity contribution in [2.24, 2.45) is 0 Å². The molecule has 3 rings (SSSR count). The number of halogens is 1. The molecule has 0 atom stereocenters. The second kappa shape index (κ2) is 10.1. The van der Waals surface area contributed by atoms with Gasteiger partial charge in [-0.2, -0.15) is 0 Å². The lowest BCUT2D eigenvalue weighted by Crippen LogP contribution is -2.27. The van der Waals surface area contributed by atoms with Gasteiger partial charge in [0.05, 0.1) is 23.3 Å². The number of anilines is 2. The summed E-state index contributed by atoms with van der Waals surface area (Å²) >= 11 is 0. The summed E-state index contributed by atoms with van der Waals surface area (Å²) in [5, 5.41) is 2.46. The van der Waals surface area contributed by atoms with E-state index in [1.165, 1.54) is 62.7 Å². The molecule has 0 radical (unpaired) electrons. The van der Waals surface area contributed by atoms with Crippen molar-refractivity contribution in [1.29, 1.82) is 0 Å². The Hall–Kier alpha value is -3.92. The van der Waals surface area contributed by atoms with Gasteiger partial charge in [0.25, 0.3) is 15.9 Å². The highest BCUT2D eigenvalue weighted by atomic mass is 32.2. The fraction of sp³-hybridized carbons (Fsp3) is 0.130. The number of hydrogen-bond acceptors (Lipinski definition) is 6. The molecule has 0 fully saturated rings. The minimum Gasteiger partial charge on any atom is -0.495 e. The Kier molecular flexibility index (Phi) is 7.29. The highest BCUT2D eigenvalue weighted by Crippen LogP contribution is 2.30. The molecule has 8 nitrogen and oxygen atoms in total. The molecule has 3 aromatic carbocycles. The monoisotopic (exact) mass is 472 g/mol. The van der Waals surface area contributed by atoms with Crippen molar-refractivity contribution in [2.45, 2.75) is 4.90 Å². The fourth-order valence-electron chi connectivity index (χ4n) is 2.89. The van der Waals surface area contributed by atoms with Crippen molar-refractivity contribution in [3.63, 3.8) is 0 Å². The lowest BCUT2D eigenvalue weighted by molar-refractivity contribution is -0.119. The van der Waals surface area contributed by atoms with Crippen LogP contribution in [0.4, 0.5) is 15.8 Å². The fourth-order valence-corrected chi connectivity index (χ4v) is 4.09. The number of benzene rings is 3. The highest BCUT2D eigenvalue weighted by molar-refractivity contribution is 7.92. The van der Waals surface area contributed by atoms with E-state index in [1.54, 1.807) is 24.3 Å². The molecule has 0 saturated carbocycles. The first kappa shape index (κ1) is 23.7. The van der Waals surface area contributed by atoms with E-state index in [1.807, 2.05) is 0 Å². The first-order chi connectivity index (χ1) is 15.7. The van der Waals surface area contributed by atoms with Crippen LogP contribution in [0.3, 0.4) is 0 Å². The quantitative estimate of drug-likeness (QED) is 0.504. The zero-order valence-corrected chi connectivity index (χ0v) is 18.6. The molecule has 3 aromatic rings. The number of sulfonamides is 1. The third kappa shape index (κ3) is 5.66. The van der Waals surface area contributed by atoms with E-state index in [-0.39, 0.29) is 10.5 Å². The molecule has 33 heavy (non-hydrogen) atoms. The maximum absolute atomic E-state index is 13.0. The molecule has 0 heterocycles. The highest BCUT2D eigenvalue weighted by Gasteiger charge is 2.24. The number of amides is 1. The van der Waals surface area contributed by atoms with E-state index in [9.17, 15) is 22.4 Å². The summed E-state index contributed by atoms with van der Waals surface area (Å²) in [4.78, 5) is 24.1. The largest absolute Gasteiger partial charge is 0.495 e. The third-order valence-electron chi connectivity index (χ3n) is 4.64. The molecular formula is C23H21FN2O6S. The number of para-hydroxylation sites is 2. The van der Waals surface area contributed by atoms with Crippen LogP contribution in [0, 0.1) is 5.82 Å². The molecule has 0 aliphatic carbocycles. The Bertz CT molecular complexity index is 1240. The molecule has 1 N–H and O–H groups in total. The number of nitrogens with one attached hydrogen (secondary N) is 1. The van der Waals surface area contributed by atoms with E-state index in [0.29, 0.717) is 17.1 Å². The summed E-state index contributed by atoms with van der Waals surface area (Å²) in [6, 6.07) is 16.9. The van der Waals surface area contributed by atoms with Crippen molar-refractivity contribution in [2.75, 3.05) is 30.4 Å². The number of rotatable bonds is 8. The number of methoxy groups -OCH3 is 1. The number of nitrogens with zero attached hydrogens (tertiary/aromatic N) is 1. The molecule has 0 aromatic heterocycles. The van der Waals surface area contributed by atoms with Gasteiger partial charge in [0.15, 0.2) is 6.61 Å². The number of carbonyl (C=O) groups excluding carboxylic acids is 2. The number of hydrogen-bond donors (Lipinski definition) is 1. The smallest absolute Gasteiger partial charge is 0.338 e. The Morgan fingerprint density at radius 1 is 0.970 bits per heavy atom. The molecule has 0 spiro atoms. The maximum atomic E-state index is 13.0. The Morgan fingerprint density at radius 3 is 2.24 bits per heavy atom. The normalized spacial score (nSPS) is 10.9. The number of esters is 1. The van der Waals surface area contributed by atoms with Crippen LogP contribution in [0.5, 0.6) is 5.75 Å². The third-order valence-corrected chi connectivity index (χ3v) is 6.42. The Morgan fingerprint density at radius 2 is 1.61 bits per heavy atom. The molecule has 0 saturated heterocycles. The minimum absolute atomic E-state index is 0.0403. The van der Waals surface area contributed by atoms with Gasteiger partial charge >= 0.3 is 5.97 Å². The summed E-state index contributed by atoms with van der Waals surface area (Å²) in [6.45, 7) is -0.563. The van der Waals surface area contributed by atoms with Crippen molar-refractivity contribution in [3.8, 4) is 5.75 Å². The van der Waals surface area contributed by atoms with Gasteiger partial charge in [0.2, 0.25) is 0 Å². The zero-order valence-electron chi connectivity index (χ0n) is 17.8. The van der Waals surface area contributed by atoms with Gasteiger partial charge in [0, 0.05) is 12.7 Å². The van der Waals surface area contributed by atoms with E-state index in [4.69, 9.17) is 9.47 Å². The molecule has 0 unspecified atom stereocenters. The molecule has 1 amide bonds. The standard InChI is InChI=1S/C23H21FN2O6S/c1-26(20-5-3-4-6-21(20)31-2)33(29,30)19-13-7-16(8-14-19)23(28)32-15-22(27)25-18-11-9-17(24)10-12-18/h3-14H,15H2,1-2H3,(H,25,27). The second-order valence-corrected chi connectivity index (χ2v) is 8.77. The topological polar surface area (TPSA) is 102 Å². The lowest BCUT2D eigenvalue weighted by Gasteiger charge is -2.21. The van der Waals surface area contributed by atoms with Gasteiger partial charge in [-0.1, -0.05) is 12.1 Å². The molecule has 0 aliphatic rings. The number of ether oxygens (including phenoxy) is 2. The van der Waals surface area contributed by atoms with Crippen LogP contribution in [0.2, 0.25) is 0 Å². The molecular weight excluding hydrogens is 451 g/mol.